The Labute approximate surface area is 163 Å². The highest BCUT2D eigenvalue weighted by atomic mass is 32.1. The van der Waals surface area contributed by atoms with Crippen LogP contribution in [0.15, 0.2) is 35.7 Å². The van der Waals surface area contributed by atoms with Crippen LogP contribution in [0.25, 0.3) is 11.3 Å². The molecule has 6 nitrogen and oxygen atoms in total. The van der Waals surface area contributed by atoms with Crippen molar-refractivity contribution in [2.24, 2.45) is 7.05 Å². The van der Waals surface area contributed by atoms with E-state index < -0.39 is 17.8 Å². The van der Waals surface area contributed by atoms with Crippen LogP contribution in [0.2, 0.25) is 0 Å². The number of aromatic nitrogens is 3. The van der Waals surface area contributed by atoms with Crippen molar-refractivity contribution in [1.29, 1.82) is 0 Å². The normalized spacial score (nSPS) is 11.5. The summed E-state index contributed by atoms with van der Waals surface area (Å²) in [5.74, 6) is 0.142. The standard InChI is InChI=1S/C18H17F3N4O2S/c1-25-14(9-15(24-25)18(19,20)21)17(26)22-8-7-16-23-13(10-28-16)11-3-5-12(27-2)6-4-11/h3-6,9-10H,7-8H2,1-2H3,(H,22,26). The molecule has 2 aromatic heterocycles. The molecule has 0 aliphatic rings. The lowest BCUT2D eigenvalue weighted by Crippen LogP contribution is -2.27. The molecule has 1 amide bonds. The second-order valence-electron chi connectivity index (χ2n) is 5.90. The minimum absolute atomic E-state index is 0.148. The molecular weight excluding hydrogens is 393 g/mol. The minimum Gasteiger partial charge on any atom is -0.497 e. The van der Waals surface area contributed by atoms with Crippen molar-refractivity contribution in [3.63, 3.8) is 0 Å². The van der Waals surface area contributed by atoms with E-state index in [0.29, 0.717) is 6.42 Å². The zero-order chi connectivity index (χ0) is 20.3. The van der Waals surface area contributed by atoms with Gasteiger partial charge in [-0.25, -0.2) is 4.98 Å². The number of halogens is 3. The Kier molecular flexibility index (Phi) is 5.68. The van der Waals surface area contributed by atoms with Crippen LogP contribution in [0.5, 0.6) is 5.75 Å². The van der Waals surface area contributed by atoms with E-state index in [0.717, 1.165) is 32.8 Å². The van der Waals surface area contributed by atoms with Gasteiger partial charge in [0.15, 0.2) is 5.69 Å². The molecule has 0 spiro atoms. The third-order valence-corrected chi connectivity index (χ3v) is 4.87. The summed E-state index contributed by atoms with van der Waals surface area (Å²) in [5.41, 5.74) is 0.520. The van der Waals surface area contributed by atoms with Gasteiger partial charge in [0.25, 0.3) is 5.91 Å². The first-order valence-electron chi connectivity index (χ1n) is 8.26. The van der Waals surface area contributed by atoms with Crippen molar-refractivity contribution in [2.45, 2.75) is 12.6 Å². The van der Waals surface area contributed by atoms with Crippen LogP contribution in [-0.4, -0.2) is 34.3 Å². The van der Waals surface area contributed by atoms with Gasteiger partial charge >= 0.3 is 6.18 Å². The van der Waals surface area contributed by atoms with Crippen molar-refractivity contribution in [3.05, 3.63) is 52.1 Å². The van der Waals surface area contributed by atoms with Crippen LogP contribution < -0.4 is 10.1 Å². The first-order valence-corrected chi connectivity index (χ1v) is 9.14. The van der Waals surface area contributed by atoms with Crippen molar-refractivity contribution in [1.82, 2.24) is 20.1 Å². The fourth-order valence-electron chi connectivity index (χ4n) is 2.51. The number of benzene rings is 1. The molecule has 0 fully saturated rings. The summed E-state index contributed by atoms with van der Waals surface area (Å²) in [7, 11) is 2.89. The van der Waals surface area contributed by atoms with Gasteiger partial charge in [0.2, 0.25) is 0 Å². The molecule has 0 saturated carbocycles. The molecule has 28 heavy (non-hydrogen) atoms. The Hall–Kier alpha value is -2.88. The number of nitrogens with one attached hydrogen (secondary N) is 1. The van der Waals surface area contributed by atoms with Gasteiger partial charge in [-0.2, -0.15) is 18.3 Å². The summed E-state index contributed by atoms with van der Waals surface area (Å²) in [5, 5.41) is 8.65. The van der Waals surface area contributed by atoms with Crippen molar-refractivity contribution in [2.75, 3.05) is 13.7 Å². The molecule has 0 unspecified atom stereocenters. The molecule has 1 N–H and O–H groups in total. The molecule has 148 valence electrons. The summed E-state index contributed by atoms with van der Waals surface area (Å²) in [6.45, 7) is 0.251. The third-order valence-electron chi connectivity index (χ3n) is 3.96. The van der Waals surface area contributed by atoms with E-state index in [-0.39, 0.29) is 12.2 Å². The first-order chi connectivity index (χ1) is 13.3. The highest BCUT2D eigenvalue weighted by molar-refractivity contribution is 7.09. The first kappa shape index (κ1) is 19.9. The molecule has 0 aliphatic heterocycles. The van der Waals surface area contributed by atoms with Crippen LogP contribution in [0.3, 0.4) is 0 Å². The second kappa shape index (κ2) is 8.01. The molecule has 3 aromatic rings. The quantitative estimate of drug-likeness (QED) is 0.675. The van der Waals surface area contributed by atoms with Gasteiger partial charge in [-0.3, -0.25) is 9.48 Å². The monoisotopic (exact) mass is 410 g/mol. The molecule has 0 saturated heterocycles. The largest absolute Gasteiger partial charge is 0.497 e. The van der Waals surface area contributed by atoms with Crippen LogP contribution >= 0.6 is 11.3 Å². The Morgan fingerprint density at radius 3 is 2.61 bits per heavy atom. The number of hydrogen-bond acceptors (Lipinski definition) is 5. The Morgan fingerprint density at radius 1 is 1.29 bits per heavy atom. The van der Waals surface area contributed by atoms with Crippen molar-refractivity contribution < 1.29 is 22.7 Å². The van der Waals surface area contributed by atoms with Crippen LogP contribution in [0.1, 0.15) is 21.2 Å². The number of methoxy groups -OCH3 is 1. The number of thiazole rings is 1. The van der Waals surface area contributed by atoms with Gasteiger partial charge in [-0.15, -0.1) is 11.3 Å². The van der Waals surface area contributed by atoms with Gasteiger partial charge in [-0.05, 0) is 24.3 Å². The molecule has 10 heteroatoms. The van der Waals surface area contributed by atoms with Crippen LogP contribution in [-0.2, 0) is 19.6 Å². The Balaban J connectivity index is 1.57. The highest BCUT2D eigenvalue weighted by Crippen LogP contribution is 2.28. The van der Waals surface area contributed by atoms with Gasteiger partial charge in [-0.1, -0.05) is 0 Å². The number of ether oxygens (including phenoxy) is 1. The number of aryl methyl sites for hydroxylation is 1. The van der Waals surface area contributed by atoms with Gasteiger partial charge in [0, 0.05) is 37.0 Å². The fourth-order valence-corrected chi connectivity index (χ4v) is 3.32. The number of carbonyl (C=O) groups excluding carboxylic acids is 1. The van der Waals surface area contributed by atoms with Gasteiger partial charge < -0.3 is 10.1 Å². The third kappa shape index (κ3) is 4.50. The summed E-state index contributed by atoms with van der Waals surface area (Å²) >= 11 is 1.45. The van der Waals surface area contributed by atoms with E-state index in [2.05, 4.69) is 15.4 Å². The summed E-state index contributed by atoms with van der Waals surface area (Å²) in [6.07, 6.45) is -4.12. The SMILES string of the molecule is COc1ccc(-c2csc(CCNC(=O)c3cc(C(F)(F)F)nn3C)n2)cc1. The maximum atomic E-state index is 12.7. The van der Waals surface area contributed by atoms with Crippen LogP contribution in [0.4, 0.5) is 13.2 Å². The van der Waals surface area contributed by atoms with Crippen molar-refractivity contribution >= 4 is 17.2 Å². The maximum absolute atomic E-state index is 12.7. The van der Waals surface area contributed by atoms with E-state index in [4.69, 9.17) is 4.74 Å². The number of alkyl halides is 3. The maximum Gasteiger partial charge on any atom is 0.435 e. The highest BCUT2D eigenvalue weighted by Gasteiger charge is 2.35. The van der Waals surface area contributed by atoms with Gasteiger partial charge in [0.05, 0.1) is 17.8 Å². The predicted molar refractivity (Wildman–Crippen MR) is 98.3 cm³/mol. The van der Waals surface area contributed by atoms with E-state index in [9.17, 15) is 18.0 Å². The summed E-state index contributed by atoms with van der Waals surface area (Å²) in [6, 6.07) is 8.23. The smallest absolute Gasteiger partial charge is 0.435 e. The molecule has 0 atom stereocenters. The van der Waals surface area contributed by atoms with E-state index >= 15 is 0 Å². The van der Waals surface area contributed by atoms with E-state index in [1.54, 1.807) is 7.11 Å². The average molecular weight is 410 g/mol. The zero-order valence-electron chi connectivity index (χ0n) is 15.1. The fraction of sp³-hybridized carbons (Fsp3) is 0.278. The zero-order valence-corrected chi connectivity index (χ0v) is 15.9. The Morgan fingerprint density at radius 2 is 2.00 bits per heavy atom. The lowest BCUT2D eigenvalue weighted by Gasteiger charge is -2.04. The summed E-state index contributed by atoms with van der Waals surface area (Å²) < 4.78 is 44.1. The predicted octanol–water partition coefficient (Wildman–Crippen LogP) is 3.54. The lowest BCUT2D eigenvalue weighted by atomic mass is 10.2. The average Bonchev–Trinajstić information content (AvgIpc) is 3.28. The van der Waals surface area contributed by atoms with Gasteiger partial charge in [0.1, 0.15) is 11.4 Å². The lowest BCUT2D eigenvalue weighted by molar-refractivity contribution is -0.141. The number of amides is 1. The van der Waals surface area contributed by atoms with Crippen LogP contribution in [0, 0.1) is 0 Å². The van der Waals surface area contributed by atoms with E-state index in [1.807, 2.05) is 29.6 Å². The van der Waals surface area contributed by atoms with Crippen molar-refractivity contribution in [3.8, 4) is 17.0 Å². The molecule has 0 bridgehead atoms. The summed E-state index contributed by atoms with van der Waals surface area (Å²) in [4.78, 5) is 16.6. The molecule has 3 rings (SSSR count). The topological polar surface area (TPSA) is 69.0 Å². The minimum atomic E-state index is -4.59. The number of hydrogen-bond donors (Lipinski definition) is 1. The van der Waals surface area contributed by atoms with E-state index in [1.165, 1.54) is 18.4 Å². The molecule has 0 aliphatic carbocycles. The molecular formula is C18H17F3N4O2S. The molecule has 1 aromatic carbocycles. The number of carbonyl (C=O) groups is 1. The second-order valence-corrected chi connectivity index (χ2v) is 6.84. The number of rotatable bonds is 6. The molecule has 2 heterocycles. The number of nitrogens with zero attached hydrogens (tertiary/aromatic N) is 3. The Bertz CT molecular complexity index is 964. The molecule has 0 radical (unpaired) electrons.